The number of hydrogen-bond acceptors (Lipinski definition) is 2. The van der Waals surface area contributed by atoms with Crippen molar-refractivity contribution in [3.8, 4) is 0 Å². The smallest absolute Gasteiger partial charge is 0.313 e. The quantitative estimate of drug-likeness (QED) is 0.632. The Morgan fingerprint density at radius 3 is 1.74 bits per heavy atom. The molecule has 0 heterocycles. The molecule has 0 aliphatic rings. The largest absolute Gasteiger partial charge is 0.469 e. The van der Waals surface area contributed by atoms with Crippen LogP contribution in [0.3, 0.4) is 0 Å². The van der Waals surface area contributed by atoms with Gasteiger partial charge in [0.25, 0.3) is 0 Å². The highest BCUT2D eigenvalue weighted by Crippen LogP contribution is 2.39. The van der Waals surface area contributed by atoms with Crippen molar-refractivity contribution in [2.45, 2.75) is 12.6 Å². The van der Waals surface area contributed by atoms with Gasteiger partial charge in [-0.1, -0.05) is 60.7 Å². The highest BCUT2D eigenvalue weighted by atomic mass is 31.1. The Bertz CT molecular complexity index is 485. The van der Waals surface area contributed by atoms with E-state index in [0.717, 1.165) is 0 Å². The topological polar surface area (TPSA) is 26.3 Å². The van der Waals surface area contributed by atoms with E-state index in [1.54, 1.807) is 0 Å². The number of ether oxygens (including phenoxy) is 1. The second-order valence-electron chi connectivity index (χ2n) is 4.24. The summed E-state index contributed by atoms with van der Waals surface area (Å²) in [7, 11) is 0.715. The van der Waals surface area contributed by atoms with Crippen molar-refractivity contribution >= 4 is 24.5 Å². The van der Waals surface area contributed by atoms with Crippen LogP contribution in [0.25, 0.3) is 0 Å². The zero-order chi connectivity index (χ0) is 13.7. The van der Waals surface area contributed by atoms with Crippen LogP contribution < -0.4 is 10.6 Å². The fourth-order valence-corrected chi connectivity index (χ4v) is 4.54. The van der Waals surface area contributed by atoms with Gasteiger partial charge >= 0.3 is 5.97 Å². The second kappa shape index (κ2) is 6.49. The van der Waals surface area contributed by atoms with Gasteiger partial charge < -0.3 is 4.74 Å². The lowest BCUT2D eigenvalue weighted by atomic mass is 10.4. The number of esters is 1. The fourth-order valence-electron chi connectivity index (χ4n) is 2.05. The Labute approximate surface area is 115 Å². The number of carbonyl (C=O) groups is 1. The lowest BCUT2D eigenvalue weighted by molar-refractivity contribution is -0.139. The Kier molecular flexibility index (Phi) is 4.70. The molecule has 0 fully saturated rings. The van der Waals surface area contributed by atoms with Gasteiger partial charge in [-0.3, -0.25) is 4.79 Å². The first-order valence-corrected chi connectivity index (χ1v) is 7.62. The summed E-state index contributed by atoms with van der Waals surface area (Å²) < 4.78 is 4.91. The van der Waals surface area contributed by atoms with E-state index in [1.165, 1.54) is 17.7 Å². The molecule has 0 aromatic heterocycles. The van der Waals surface area contributed by atoms with Crippen molar-refractivity contribution in [2.75, 3.05) is 7.11 Å². The molecule has 0 bridgehead atoms. The Hall–Kier alpha value is -1.66. The van der Waals surface area contributed by atoms with Crippen molar-refractivity contribution < 1.29 is 9.53 Å². The van der Waals surface area contributed by atoms with Crippen molar-refractivity contribution in [3.63, 3.8) is 0 Å². The zero-order valence-electron chi connectivity index (χ0n) is 11.1. The summed E-state index contributed by atoms with van der Waals surface area (Å²) in [6.45, 7) is 1.94. The lowest BCUT2D eigenvalue weighted by Crippen LogP contribution is -2.26. The van der Waals surface area contributed by atoms with Gasteiger partial charge in [0.2, 0.25) is 0 Å². The molecule has 0 saturated carbocycles. The van der Waals surface area contributed by atoms with E-state index in [2.05, 4.69) is 24.3 Å². The fraction of sp³-hybridized carbons (Fsp3) is 0.188. The molecule has 3 heteroatoms. The van der Waals surface area contributed by atoms with Crippen molar-refractivity contribution in [2.24, 2.45) is 0 Å². The molecule has 2 rings (SSSR count). The van der Waals surface area contributed by atoms with Gasteiger partial charge in [0.1, 0.15) is 0 Å². The molecule has 19 heavy (non-hydrogen) atoms. The van der Waals surface area contributed by atoms with Gasteiger partial charge in [0, 0.05) is 0 Å². The van der Waals surface area contributed by atoms with Crippen LogP contribution in [0, 0.1) is 0 Å². The molecule has 0 N–H and O–H groups in total. The molecule has 0 amide bonds. The Morgan fingerprint density at radius 2 is 1.37 bits per heavy atom. The van der Waals surface area contributed by atoms with E-state index in [0.29, 0.717) is 0 Å². The summed E-state index contributed by atoms with van der Waals surface area (Å²) in [4.78, 5) is 11.9. The second-order valence-corrected chi connectivity index (χ2v) is 6.79. The van der Waals surface area contributed by atoms with E-state index in [1.807, 2.05) is 43.3 Å². The third kappa shape index (κ3) is 3.21. The molecule has 98 valence electrons. The summed E-state index contributed by atoms with van der Waals surface area (Å²) in [6.07, 6.45) is 0. The summed E-state index contributed by atoms with van der Waals surface area (Å²) in [6, 6.07) is 20.4. The van der Waals surface area contributed by atoms with Crippen molar-refractivity contribution in [3.05, 3.63) is 60.7 Å². The molecule has 0 spiro atoms. The van der Waals surface area contributed by atoms with Crippen LogP contribution in [0.15, 0.2) is 60.7 Å². The average Bonchev–Trinajstić information content (AvgIpc) is 2.49. The highest BCUT2D eigenvalue weighted by molar-refractivity contribution is 7.74. The first kappa shape index (κ1) is 13.8. The van der Waals surface area contributed by atoms with Crippen LogP contribution in [0.5, 0.6) is 0 Å². The number of hydrogen-bond donors (Lipinski definition) is 0. The number of carbonyl (C=O) groups excluding carboxylic acids is 1. The number of methoxy groups -OCH3 is 1. The number of rotatable bonds is 4. The molecule has 0 aliphatic carbocycles. The molecule has 2 aromatic carbocycles. The van der Waals surface area contributed by atoms with E-state index in [9.17, 15) is 4.79 Å². The Morgan fingerprint density at radius 1 is 0.947 bits per heavy atom. The Balaban J connectivity index is 2.43. The number of benzene rings is 2. The maximum absolute atomic E-state index is 11.9. The van der Waals surface area contributed by atoms with Crippen LogP contribution in [-0.4, -0.2) is 18.7 Å². The van der Waals surface area contributed by atoms with Crippen molar-refractivity contribution in [1.29, 1.82) is 0 Å². The SMILES string of the molecule is COC(=O)C(C)P(c1ccccc1)c1ccccc1. The van der Waals surface area contributed by atoms with Crippen LogP contribution in [-0.2, 0) is 9.53 Å². The van der Waals surface area contributed by atoms with Gasteiger partial charge in [0.15, 0.2) is 0 Å². The minimum Gasteiger partial charge on any atom is -0.469 e. The molecular formula is C16H17O2P. The van der Waals surface area contributed by atoms with Gasteiger partial charge in [-0.05, 0) is 25.5 Å². The molecule has 0 aliphatic heterocycles. The zero-order valence-corrected chi connectivity index (χ0v) is 12.0. The minimum absolute atomic E-state index is 0.148. The molecule has 2 nitrogen and oxygen atoms in total. The van der Waals surface area contributed by atoms with Gasteiger partial charge in [-0.2, -0.15) is 0 Å². The summed E-state index contributed by atoms with van der Waals surface area (Å²) in [5.41, 5.74) is -0.148. The standard InChI is InChI=1S/C16H17O2P/c1-13(16(17)18-2)19(14-9-5-3-6-10-14)15-11-7-4-8-12-15/h3-13H,1-2H3. The first-order valence-electron chi connectivity index (χ1n) is 6.21. The highest BCUT2D eigenvalue weighted by Gasteiger charge is 2.27. The van der Waals surface area contributed by atoms with E-state index >= 15 is 0 Å². The van der Waals surface area contributed by atoms with E-state index < -0.39 is 7.92 Å². The average molecular weight is 272 g/mol. The molecule has 2 aromatic rings. The van der Waals surface area contributed by atoms with E-state index in [-0.39, 0.29) is 11.6 Å². The first-order chi connectivity index (χ1) is 9.24. The summed E-state index contributed by atoms with van der Waals surface area (Å²) in [5.74, 6) is -0.154. The minimum atomic E-state index is -0.732. The monoisotopic (exact) mass is 272 g/mol. The third-order valence-electron chi connectivity index (χ3n) is 3.00. The van der Waals surface area contributed by atoms with E-state index in [4.69, 9.17) is 4.74 Å². The van der Waals surface area contributed by atoms with Gasteiger partial charge in [0.05, 0.1) is 12.8 Å². The maximum Gasteiger partial charge on any atom is 0.313 e. The van der Waals surface area contributed by atoms with Crippen LogP contribution in [0.4, 0.5) is 0 Å². The molecule has 0 saturated heterocycles. The third-order valence-corrected chi connectivity index (χ3v) is 5.69. The van der Waals surface area contributed by atoms with Crippen LogP contribution in [0.2, 0.25) is 0 Å². The van der Waals surface area contributed by atoms with Crippen LogP contribution in [0.1, 0.15) is 6.92 Å². The molecule has 1 unspecified atom stereocenters. The predicted octanol–water partition coefficient (Wildman–Crippen LogP) is 2.68. The van der Waals surface area contributed by atoms with Gasteiger partial charge in [-0.15, -0.1) is 0 Å². The van der Waals surface area contributed by atoms with Crippen LogP contribution >= 0.6 is 7.92 Å². The lowest BCUT2D eigenvalue weighted by Gasteiger charge is -2.23. The summed E-state index contributed by atoms with van der Waals surface area (Å²) >= 11 is 0. The molecular weight excluding hydrogens is 255 g/mol. The van der Waals surface area contributed by atoms with Gasteiger partial charge in [-0.25, -0.2) is 0 Å². The summed E-state index contributed by atoms with van der Waals surface area (Å²) in [5, 5.41) is 2.39. The maximum atomic E-state index is 11.9. The van der Waals surface area contributed by atoms with Crippen molar-refractivity contribution in [1.82, 2.24) is 0 Å². The predicted molar refractivity (Wildman–Crippen MR) is 80.6 cm³/mol. The normalized spacial score (nSPS) is 12.2. The molecule has 0 radical (unpaired) electrons. The molecule has 1 atom stereocenters.